The summed E-state index contributed by atoms with van der Waals surface area (Å²) >= 11 is 0. The molecule has 1 amide bonds. The third kappa shape index (κ3) is 5.54. The summed E-state index contributed by atoms with van der Waals surface area (Å²) in [4.78, 5) is 13.4. The Morgan fingerprint density at radius 1 is 1.37 bits per heavy atom. The van der Waals surface area contributed by atoms with Gasteiger partial charge < -0.3 is 14.7 Å². The number of hydrogen-bond acceptors (Lipinski definition) is 5. The molecule has 8 heteroatoms. The summed E-state index contributed by atoms with van der Waals surface area (Å²) in [6.45, 7) is 9.19. The molecule has 1 aliphatic heterocycles. The van der Waals surface area contributed by atoms with Crippen molar-refractivity contribution in [2.45, 2.75) is 51.7 Å². The van der Waals surface area contributed by atoms with Crippen LogP contribution in [0.1, 0.15) is 40.2 Å². The summed E-state index contributed by atoms with van der Waals surface area (Å²) in [5.41, 5.74) is 0.659. The zero-order valence-electron chi connectivity index (χ0n) is 18.5. The van der Waals surface area contributed by atoms with Gasteiger partial charge in [0, 0.05) is 44.0 Å². The highest BCUT2D eigenvalue weighted by molar-refractivity contribution is 7.89. The maximum atomic E-state index is 13.4. The second kappa shape index (κ2) is 9.82. The second-order valence-electron chi connectivity index (χ2n) is 8.22. The van der Waals surface area contributed by atoms with Gasteiger partial charge in [-0.25, -0.2) is 8.42 Å². The summed E-state index contributed by atoms with van der Waals surface area (Å²) < 4.78 is 34.2. The topological polar surface area (TPSA) is 87.2 Å². The molecule has 30 heavy (non-hydrogen) atoms. The van der Waals surface area contributed by atoms with Gasteiger partial charge in [-0.1, -0.05) is 32.6 Å². The van der Waals surface area contributed by atoms with E-state index >= 15 is 0 Å². The van der Waals surface area contributed by atoms with Crippen molar-refractivity contribution in [2.24, 2.45) is 11.8 Å². The van der Waals surface area contributed by atoms with Crippen LogP contribution in [0.15, 0.2) is 23.1 Å². The number of amides is 1. The Morgan fingerprint density at radius 3 is 2.60 bits per heavy atom. The lowest BCUT2D eigenvalue weighted by molar-refractivity contribution is -0.129. The second-order valence-corrected chi connectivity index (χ2v) is 10.1. The van der Waals surface area contributed by atoms with E-state index in [-0.39, 0.29) is 41.5 Å². The predicted molar refractivity (Wildman–Crippen MR) is 115 cm³/mol. The molecule has 0 radical (unpaired) electrons. The van der Waals surface area contributed by atoms with Crippen molar-refractivity contribution in [3.63, 3.8) is 0 Å². The molecule has 1 heterocycles. The molecule has 0 spiro atoms. The summed E-state index contributed by atoms with van der Waals surface area (Å²) in [6.07, 6.45) is -0.421. The van der Waals surface area contributed by atoms with Gasteiger partial charge in [0.25, 0.3) is 0 Å². The van der Waals surface area contributed by atoms with Gasteiger partial charge in [-0.05, 0) is 25.1 Å². The van der Waals surface area contributed by atoms with Crippen molar-refractivity contribution < 1.29 is 23.1 Å². The first-order chi connectivity index (χ1) is 14.0. The average Bonchev–Trinajstić information content (AvgIpc) is 2.68. The fraction of sp³-hybridized carbons (Fsp3) is 0.591. The van der Waals surface area contributed by atoms with E-state index in [1.807, 2.05) is 20.8 Å². The number of nitrogens with zero attached hydrogens (tertiary/aromatic N) is 2. The molecule has 0 aromatic heterocycles. The number of carbonyl (C=O) groups excluding carboxylic acids is 1. The Labute approximate surface area is 180 Å². The number of likely N-dealkylation sites (N-methyl/N-ethyl adjacent to an activating group) is 1. The van der Waals surface area contributed by atoms with Crippen molar-refractivity contribution in [3.05, 3.63) is 23.8 Å². The van der Waals surface area contributed by atoms with Gasteiger partial charge in [0.05, 0.1) is 13.2 Å². The van der Waals surface area contributed by atoms with Crippen molar-refractivity contribution in [3.8, 4) is 17.6 Å². The third-order valence-electron chi connectivity index (χ3n) is 5.16. The molecule has 0 saturated carbocycles. The fourth-order valence-corrected chi connectivity index (χ4v) is 4.97. The van der Waals surface area contributed by atoms with Crippen LogP contribution in [-0.4, -0.2) is 67.5 Å². The van der Waals surface area contributed by atoms with Gasteiger partial charge in [0.15, 0.2) is 0 Å². The number of rotatable bonds is 4. The lowest BCUT2D eigenvalue weighted by Crippen LogP contribution is -2.50. The quantitative estimate of drug-likeness (QED) is 0.729. The molecule has 7 nitrogen and oxygen atoms in total. The first-order valence-electron chi connectivity index (χ1n) is 10.1. The van der Waals surface area contributed by atoms with Crippen LogP contribution in [0.2, 0.25) is 0 Å². The Kier molecular flexibility index (Phi) is 7.92. The van der Waals surface area contributed by atoms with Crippen LogP contribution in [-0.2, 0) is 14.8 Å². The van der Waals surface area contributed by atoms with Gasteiger partial charge >= 0.3 is 0 Å². The van der Waals surface area contributed by atoms with E-state index in [1.54, 1.807) is 31.0 Å². The molecule has 2 rings (SSSR count). The molecule has 1 N–H and O–H groups in total. The number of fused-ring (bicyclic) bond motifs is 1. The molecule has 3 atom stereocenters. The van der Waals surface area contributed by atoms with Crippen molar-refractivity contribution in [1.82, 2.24) is 9.21 Å². The van der Waals surface area contributed by atoms with Crippen LogP contribution < -0.4 is 4.74 Å². The molecule has 0 fully saturated rings. The molecule has 166 valence electrons. The summed E-state index contributed by atoms with van der Waals surface area (Å²) in [7, 11) is -2.20. The molecule has 1 aromatic rings. The van der Waals surface area contributed by atoms with E-state index < -0.39 is 22.2 Å². The zero-order valence-corrected chi connectivity index (χ0v) is 19.4. The Hall–Kier alpha value is -2.08. The van der Waals surface area contributed by atoms with Gasteiger partial charge in [0.2, 0.25) is 15.9 Å². The van der Waals surface area contributed by atoms with Gasteiger partial charge in [-0.3, -0.25) is 4.79 Å². The minimum Gasteiger partial charge on any atom is -0.487 e. The molecular formula is C22H32N2O5S. The van der Waals surface area contributed by atoms with E-state index in [0.717, 1.165) is 0 Å². The van der Waals surface area contributed by atoms with E-state index in [0.29, 0.717) is 12.1 Å². The lowest BCUT2D eigenvalue weighted by atomic mass is 10.0. The largest absolute Gasteiger partial charge is 0.487 e. The number of sulfonamides is 1. The van der Waals surface area contributed by atoms with E-state index in [9.17, 15) is 18.3 Å². The number of carbonyl (C=O) groups is 1. The average molecular weight is 437 g/mol. The Bertz CT molecular complexity index is 933. The molecule has 1 aliphatic rings. The first kappa shape index (κ1) is 24.2. The SMILES string of the molecule is CC(=O)N(C)C[C@H]1Oc2cc(C#CC(C)C)ccc2S(=O)(=O)N([C@@H](C)CO)C[C@H]1C. The molecule has 0 saturated heterocycles. The summed E-state index contributed by atoms with van der Waals surface area (Å²) in [5.74, 6) is 6.19. The van der Waals surface area contributed by atoms with E-state index in [4.69, 9.17) is 4.74 Å². The highest BCUT2D eigenvalue weighted by atomic mass is 32.2. The van der Waals surface area contributed by atoms with Gasteiger partial charge in [-0.15, -0.1) is 0 Å². The van der Waals surface area contributed by atoms with Crippen LogP contribution in [0, 0.1) is 23.7 Å². The summed E-state index contributed by atoms with van der Waals surface area (Å²) in [6, 6.07) is 4.23. The monoisotopic (exact) mass is 436 g/mol. The molecule has 0 aliphatic carbocycles. The molecule has 0 unspecified atom stereocenters. The summed E-state index contributed by atoms with van der Waals surface area (Å²) in [5, 5.41) is 9.66. The highest BCUT2D eigenvalue weighted by Gasteiger charge is 2.38. The van der Waals surface area contributed by atoms with E-state index in [2.05, 4.69) is 11.8 Å². The number of hydrogen-bond donors (Lipinski definition) is 1. The smallest absolute Gasteiger partial charge is 0.247 e. The fourth-order valence-electron chi connectivity index (χ4n) is 3.15. The van der Waals surface area contributed by atoms with Gasteiger partial charge in [-0.2, -0.15) is 4.31 Å². The Balaban J connectivity index is 2.60. The standard InChI is InChI=1S/C22H32N2O5S/c1-15(2)7-8-19-9-10-22-20(11-19)29-21(13-23(6)18(5)26)16(3)12-24(17(4)14-25)30(22,27)28/h9-11,15-17,21,25H,12-14H2,1-6H3/t16-,17+,21-/m1/s1. The van der Waals surface area contributed by atoms with Crippen LogP contribution in [0.3, 0.4) is 0 Å². The minimum absolute atomic E-state index is 0.0419. The number of ether oxygens (including phenoxy) is 1. The molecule has 0 bridgehead atoms. The van der Waals surface area contributed by atoms with Crippen LogP contribution in [0.4, 0.5) is 0 Å². The Morgan fingerprint density at radius 2 is 2.03 bits per heavy atom. The van der Waals surface area contributed by atoms with Gasteiger partial charge in [0.1, 0.15) is 16.7 Å². The number of aliphatic hydroxyl groups is 1. The lowest BCUT2D eigenvalue weighted by Gasteiger charge is -2.37. The number of aliphatic hydroxyl groups excluding tert-OH is 1. The van der Waals surface area contributed by atoms with Crippen molar-refractivity contribution in [2.75, 3.05) is 26.7 Å². The number of benzene rings is 1. The molecular weight excluding hydrogens is 404 g/mol. The predicted octanol–water partition coefficient (Wildman–Crippen LogP) is 1.94. The third-order valence-corrected chi connectivity index (χ3v) is 7.18. The maximum absolute atomic E-state index is 13.4. The van der Waals surface area contributed by atoms with Crippen molar-refractivity contribution in [1.29, 1.82) is 0 Å². The van der Waals surface area contributed by atoms with Crippen LogP contribution >= 0.6 is 0 Å². The maximum Gasteiger partial charge on any atom is 0.247 e. The minimum atomic E-state index is -3.88. The van der Waals surface area contributed by atoms with E-state index in [1.165, 1.54) is 17.3 Å². The van der Waals surface area contributed by atoms with Crippen molar-refractivity contribution >= 4 is 15.9 Å². The normalized spacial score (nSPS) is 22.0. The molecule has 1 aromatic carbocycles. The van der Waals surface area contributed by atoms with Crippen LogP contribution in [0.25, 0.3) is 0 Å². The van der Waals surface area contributed by atoms with Crippen LogP contribution in [0.5, 0.6) is 5.75 Å². The highest BCUT2D eigenvalue weighted by Crippen LogP contribution is 2.34. The first-order valence-corrected chi connectivity index (χ1v) is 11.6. The zero-order chi connectivity index (χ0) is 22.6.